The highest BCUT2D eigenvalue weighted by molar-refractivity contribution is 5.24. The average molecular weight is 404 g/mol. The lowest BCUT2D eigenvalue weighted by Gasteiger charge is -2.32. The van der Waals surface area contributed by atoms with Crippen molar-refractivity contribution in [3.8, 4) is 6.01 Å². The molecule has 0 radical (unpaired) electrons. The number of rotatable bonds is 9. The zero-order valence-electron chi connectivity index (χ0n) is 18.2. The summed E-state index contributed by atoms with van der Waals surface area (Å²) in [6, 6.07) is 0.728. The normalized spacial score (nSPS) is 34.3. The molecule has 0 spiro atoms. The fourth-order valence-corrected chi connectivity index (χ4v) is 6.83. The van der Waals surface area contributed by atoms with Gasteiger partial charge in [0.2, 0.25) is 0 Å². The van der Waals surface area contributed by atoms with E-state index in [1.807, 2.05) is 0 Å². The van der Waals surface area contributed by atoms with Crippen LogP contribution in [0, 0.1) is 17.8 Å². The molecule has 4 aliphatic carbocycles. The van der Waals surface area contributed by atoms with Crippen molar-refractivity contribution in [1.82, 2.24) is 24.6 Å². The van der Waals surface area contributed by atoms with E-state index in [4.69, 9.17) is 14.6 Å². The monoisotopic (exact) mass is 403 g/mol. The predicted octanol–water partition coefficient (Wildman–Crippen LogP) is 2.02. The Morgan fingerprint density at radius 3 is 2.45 bits per heavy atom. The molecular weight excluding hydrogens is 366 g/mol. The molecule has 5 aliphatic rings. The highest BCUT2D eigenvalue weighted by atomic mass is 16.5. The van der Waals surface area contributed by atoms with Crippen molar-refractivity contribution in [3.05, 3.63) is 5.82 Å². The maximum absolute atomic E-state index is 6.21. The van der Waals surface area contributed by atoms with Gasteiger partial charge in [0.1, 0.15) is 12.4 Å². The molecule has 2 unspecified atom stereocenters. The summed E-state index contributed by atoms with van der Waals surface area (Å²) in [6.07, 6.45) is 7.87. The van der Waals surface area contributed by atoms with Gasteiger partial charge in [0.15, 0.2) is 0 Å². The van der Waals surface area contributed by atoms with Gasteiger partial charge in [-0.15, -0.1) is 5.10 Å². The Bertz CT molecular complexity index is 685. The van der Waals surface area contributed by atoms with Crippen LogP contribution in [0.25, 0.3) is 0 Å². The molecule has 7 heteroatoms. The lowest BCUT2D eigenvalue weighted by Crippen LogP contribution is -2.45. The molecule has 162 valence electrons. The van der Waals surface area contributed by atoms with Crippen LogP contribution in [-0.4, -0.2) is 84.7 Å². The predicted molar refractivity (Wildman–Crippen MR) is 111 cm³/mol. The van der Waals surface area contributed by atoms with Gasteiger partial charge in [-0.25, -0.2) is 0 Å². The zero-order valence-corrected chi connectivity index (χ0v) is 18.2. The SMILES string of the molecule is COCCCn1c(OCCN2CCN(C)CC2)nnc1C12CC3CC(CC1C3)C2. The van der Waals surface area contributed by atoms with E-state index in [9.17, 15) is 0 Å². The van der Waals surface area contributed by atoms with Gasteiger partial charge in [-0.3, -0.25) is 9.47 Å². The molecule has 29 heavy (non-hydrogen) atoms. The smallest absolute Gasteiger partial charge is 0.317 e. The number of aromatic nitrogens is 3. The van der Waals surface area contributed by atoms with E-state index in [-0.39, 0.29) is 5.41 Å². The fraction of sp³-hybridized carbons (Fsp3) is 0.909. The van der Waals surface area contributed by atoms with Crippen molar-refractivity contribution in [2.45, 2.75) is 50.5 Å². The van der Waals surface area contributed by atoms with Crippen LogP contribution in [0.3, 0.4) is 0 Å². The number of piperazine rings is 1. The van der Waals surface area contributed by atoms with Gasteiger partial charge in [0.05, 0.1) is 0 Å². The minimum atomic E-state index is 0.271. The lowest BCUT2D eigenvalue weighted by atomic mass is 9.75. The highest BCUT2D eigenvalue weighted by Gasteiger charge is 2.60. The average Bonchev–Trinajstić information content (AvgIpc) is 3.31. The van der Waals surface area contributed by atoms with Crippen molar-refractivity contribution >= 4 is 0 Å². The molecule has 6 rings (SSSR count). The molecule has 1 aromatic rings. The minimum absolute atomic E-state index is 0.271. The third-order valence-corrected chi connectivity index (χ3v) is 8.12. The van der Waals surface area contributed by atoms with Gasteiger partial charge in [-0.05, 0) is 63.3 Å². The van der Waals surface area contributed by atoms with Crippen molar-refractivity contribution < 1.29 is 9.47 Å². The van der Waals surface area contributed by atoms with Gasteiger partial charge >= 0.3 is 6.01 Å². The Labute approximate surface area is 174 Å². The molecule has 2 heterocycles. The van der Waals surface area contributed by atoms with E-state index in [1.165, 1.54) is 37.9 Å². The van der Waals surface area contributed by atoms with Crippen LogP contribution in [0.5, 0.6) is 6.01 Å². The van der Waals surface area contributed by atoms with Crippen molar-refractivity contribution in [3.63, 3.8) is 0 Å². The summed E-state index contributed by atoms with van der Waals surface area (Å²) in [7, 11) is 3.97. The van der Waals surface area contributed by atoms with Crippen LogP contribution in [0.2, 0.25) is 0 Å². The summed E-state index contributed by atoms with van der Waals surface area (Å²) in [4.78, 5) is 4.88. The van der Waals surface area contributed by atoms with Crippen LogP contribution in [0.4, 0.5) is 0 Å². The Balaban J connectivity index is 1.29. The van der Waals surface area contributed by atoms with Crippen LogP contribution < -0.4 is 4.74 Å². The molecule has 1 saturated heterocycles. The van der Waals surface area contributed by atoms with E-state index in [2.05, 4.69) is 26.5 Å². The summed E-state index contributed by atoms with van der Waals surface area (Å²) < 4.78 is 13.8. The Hall–Kier alpha value is -1.18. The Kier molecular flexibility index (Phi) is 5.56. The van der Waals surface area contributed by atoms with Crippen molar-refractivity contribution in [2.24, 2.45) is 17.8 Å². The molecule has 1 aliphatic heterocycles. The number of hydrogen-bond acceptors (Lipinski definition) is 6. The molecule has 0 amide bonds. The first-order chi connectivity index (χ1) is 14.2. The maximum Gasteiger partial charge on any atom is 0.317 e. The Morgan fingerprint density at radius 2 is 1.72 bits per heavy atom. The van der Waals surface area contributed by atoms with Crippen LogP contribution in [0.15, 0.2) is 0 Å². The standard InChI is InChI=1S/C22H37N5O2/c1-25-5-7-26(8-6-25)9-11-29-21-24-23-20(27(21)4-3-10-28-2)22-15-17-12-18(16-22)14-19(22)13-17/h17-19H,3-16H2,1-2H3. The fourth-order valence-electron chi connectivity index (χ4n) is 6.83. The molecule has 0 aromatic carbocycles. The Morgan fingerprint density at radius 1 is 0.966 bits per heavy atom. The third-order valence-electron chi connectivity index (χ3n) is 8.12. The van der Waals surface area contributed by atoms with E-state index in [0.717, 1.165) is 76.1 Å². The van der Waals surface area contributed by atoms with Gasteiger partial charge in [0.25, 0.3) is 0 Å². The number of likely N-dealkylation sites (N-methyl/N-ethyl adjacent to an activating group) is 1. The van der Waals surface area contributed by atoms with E-state index in [0.29, 0.717) is 6.61 Å². The van der Waals surface area contributed by atoms with E-state index >= 15 is 0 Å². The summed E-state index contributed by atoms with van der Waals surface area (Å²) in [5.74, 6) is 3.86. The molecule has 4 bridgehead atoms. The topological polar surface area (TPSA) is 55.7 Å². The number of ether oxygens (including phenoxy) is 2. The number of methoxy groups -OCH3 is 1. The molecule has 0 N–H and O–H groups in total. The second kappa shape index (κ2) is 8.16. The highest BCUT2D eigenvalue weighted by Crippen LogP contribution is 2.65. The first-order valence-corrected chi connectivity index (χ1v) is 11.6. The van der Waals surface area contributed by atoms with Gasteiger partial charge in [0, 0.05) is 58.4 Å². The largest absolute Gasteiger partial charge is 0.462 e. The van der Waals surface area contributed by atoms with E-state index < -0.39 is 0 Å². The van der Waals surface area contributed by atoms with Crippen LogP contribution in [-0.2, 0) is 16.7 Å². The van der Waals surface area contributed by atoms with E-state index in [1.54, 1.807) is 7.11 Å². The second-order valence-corrected chi connectivity index (χ2v) is 10.00. The molecule has 7 nitrogen and oxygen atoms in total. The molecule has 1 aromatic heterocycles. The van der Waals surface area contributed by atoms with Crippen molar-refractivity contribution in [1.29, 1.82) is 0 Å². The maximum atomic E-state index is 6.21. The molecular formula is C22H37N5O2. The first kappa shape index (κ1) is 19.8. The first-order valence-electron chi connectivity index (χ1n) is 11.6. The quantitative estimate of drug-likeness (QED) is 0.588. The van der Waals surface area contributed by atoms with Crippen LogP contribution >= 0.6 is 0 Å². The number of hydrogen-bond donors (Lipinski definition) is 0. The molecule has 5 fully saturated rings. The van der Waals surface area contributed by atoms with Gasteiger partial charge in [-0.1, -0.05) is 5.10 Å². The number of nitrogens with zero attached hydrogens (tertiary/aromatic N) is 5. The summed E-state index contributed by atoms with van der Waals surface area (Å²) in [6.45, 7) is 7.84. The minimum Gasteiger partial charge on any atom is -0.462 e. The second-order valence-electron chi connectivity index (χ2n) is 10.00. The summed E-state index contributed by atoms with van der Waals surface area (Å²) in [5.41, 5.74) is 0.271. The summed E-state index contributed by atoms with van der Waals surface area (Å²) in [5, 5.41) is 9.32. The summed E-state index contributed by atoms with van der Waals surface area (Å²) >= 11 is 0. The van der Waals surface area contributed by atoms with Gasteiger partial charge in [-0.2, -0.15) is 0 Å². The van der Waals surface area contributed by atoms with Crippen LogP contribution in [0.1, 0.15) is 44.3 Å². The zero-order chi connectivity index (χ0) is 19.8. The molecule has 2 atom stereocenters. The van der Waals surface area contributed by atoms with Crippen molar-refractivity contribution in [2.75, 3.05) is 60.1 Å². The third kappa shape index (κ3) is 3.70. The molecule has 4 saturated carbocycles. The lowest BCUT2D eigenvalue weighted by molar-refractivity contribution is 0.128. The van der Waals surface area contributed by atoms with Gasteiger partial charge < -0.3 is 14.4 Å².